The maximum atomic E-state index is 13.1. The Kier molecular flexibility index (Phi) is 6.71. The zero-order valence-corrected chi connectivity index (χ0v) is 16.8. The van der Waals surface area contributed by atoms with Crippen LogP contribution in [0.15, 0.2) is 53.7 Å². The maximum absolute atomic E-state index is 13.1. The van der Waals surface area contributed by atoms with E-state index in [1.807, 2.05) is 25.1 Å². The van der Waals surface area contributed by atoms with E-state index in [0.717, 1.165) is 29.2 Å². The molecule has 1 heterocycles. The first-order valence-electron chi connectivity index (χ1n) is 8.75. The summed E-state index contributed by atoms with van der Waals surface area (Å²) in [6.07, 6.45) is 0.753. The first-order chi connectivity index (χ1) is 13.6. The number of aryl methyl sites for hydroxylation is 1. The monoisotopic (exact) mass is 400 g/mol. The predicted octanol–water partition coefficient (Wildman–Crippen LogP) is 5.28. The summed E-state index contributed by atoms with van der Waals surface area (Å²) in [5.41, 5.74) is 1.91. The third-order valence-electron chi connectivity index (χ3n) is 3.91. The Labute approximate surface area is 167 Å². The first kappa shape index (κ1) is 19.9. The highest BCUT2D eigenvalue weighted by Gasteiger charge is 2.09. The Hall–Kier alpha value is -2.80. The van der Waals surface area contributed by atoms with Crippen LogP contribution in [0.4, 0.5) is 4.39 Å². The van der Waals surface area contributed by atoms with E-state index in [2.05, 4.69) is 9.97 Å². The van der Waals surface area contributed by atoms with E-state index in [4.69, 9.17) is 14.2 Å². The summed E-state index contributed by atoms with van der Waals surface area (Å²) in [7, 11) is 3.25. The lowest BCUT2D eigenvalue weighted by Gasteiger charge is -2.10. The van der Waals surface area contributed by atoms with Crippen LogP contribution in [0.3, 0.4) is 0 Å². The molecule has 0 saturated carbocycles. The minimum absolute atomic E-state index is 0.311. The molecule has 0 radical (unpaired) electrons. The number of nitrogens with zero attached hydrogens (tertiary/aromatic N) is 2. The van der Waals surface area contributed by atoms with Crippen LogP contribution in [-0.2, 0) is 12.2 Å². The maximum Gasteiger partial charge on any atom is 0.223 e. The molecule has 0 fully saturated rings. The molecule has 28 heavy (non-hydrogen) atoms. The summed E-state index contributed by atoms with van der Waals surface area (Å²) >= 11 is 1.50. The number of rotatable bonds is 8. The van der Waals surface area contributed by atoms with Crippen LogP contribution >= 0.6 is 11.8 Å². The minimum atomic E-state index is -0.311. The van der Waals surface area contributed by atoms with Gasteiger partial charge in [0.15, 0.2) is 5.16 Å². The zero-order valence-electron chi connectivity index (χ0n) is 15.9. The van der Waals surface area contributed by atoms with Gasteiger partial charge in [-0.3, -0.25) is 0 Å². The van der Waals surface area contributed by atoms with Crippen molar-refractivity contribution in [3.63, 3.8) is 0 Å². The summed E-state index contributed by atoms with van der Waals surface area (Å²) in [5.74, 6) is 2.77. The van der Waals surface area contributed by atoms with Crippen LogP contribution in [0, 0.1) is 5.82 Å². The van der Waals surface area contributed by atoms with Gasteiger partial charge in [-0.2, -0.15) is 4.98 Å². The standard InChI is InChI=1S/C21H21FN2O3S/c1-4-16-11-20(27-17-7-5-15(22)6-8-17)24-21(23-16)28-13-14-9-18(25-2)12-19(10-14)26-3/h5-12H,4,13H2,1-3H3. The molecule has 0 amide bonds. The Bertz CT molecular complexity index is 913. The van der Waals surface area contributed by atoms with Crippen LogP contribution < -0.4 is 14.2 Å². The molecule has 3 aromatic rings. The van der Waals surface area contributed by atoms with Crippen molar-refractivity contribution in [3.8, 4) is 23.1 Å². The topological polar surface area (TPSA) is 53.5 Å². The van der Waals surface area contributed by atoms with Gasteiger partial charge in [0.05, 0.1) is 14.2 Å². The molecule has 0 N–H and O–H groups in total. The number of methoxy groups -OCH3 is 2. The van der Waals surface area contributed by atoms with E-state index in [1.54, 1.807) is 32.4 Å². The third-order valence-corrected chi connectivity index (χ3v) is 4.83. The predicted molar refractivity (Wildman–Crippen MR) is 107 cm³/mol. The van der Waals surface area contributed by atoms with Gasteiger partial charge in [0.25, 0.3) is 0 Å². The summed E-state index contributed by atoms with van der Waals surface area (Å²) in [5, 5.41) is 0.609. The van der Waals surface area contributed by atoms with Crippen molar-refractivity contribution >= 4 is 11.8 Å². The average molecular weight is 400 g/mol. The van der Waals surface area contributed by atoms with Gasteiger partial charge in [-0.25, -0.2) is 9.37 Å². The van der Waals surface area contributed by atoms with Gasteiger partial charge < -0.3 is 14.2 Å². The number of thioether (sulfide) groups is 1. The summed E-state index contributed by atoms with van der Waals surface area (Å²) in [6.45, 7) is 2.02. The molecule has 2 aromatic carbocycles. The summed E-state index contributed by atoms with van der Waals surface area (Å²) < 4.78 is 29.5. The molecule has 0 atom stereocenters. The van der Waals surface area contributed by atoms with Crippen molar-refractivity contribution in [3.05, 3.63) is 65.6 Å². The van der Waals surface area contributed by atoms with E-state index in [1.165, 1.54) is 23.9 Å². The van der Waals surface area contributed by atoms with Gasteiger partial charge in [0.1, 0.15) is 23.1 Å². The van der Waals surface area contributed by atoms with Gasteiger partial charge in [0.2, 0.25) is 5.88 Å². The van der Waals surface area contributed by atoms with Crippen molar-refractivity contribution in [1.29, 1.82) is 0 Å². The fourth-order valence-corrected chi connectivity index (χ4v) is 3.27. The molecule has 3 rings (SSSR count). The van der Waals surface area contributed by atoms with E-state index >= 15 is 0 Å². The van der Waals surface area contributed by atoms with E-state index in [9.17, 15) is 4.39 Å². The quantitative estimate of drug-likeness (QED) is 0.379. The van der Waals surface area contributed by atoms with Crippen molar-refractivity contribution in [2.24, 2.45) is 0 Å². The molecule has 0 unspecified atom stereocenters. The fourth-order valence-electron chi connectivity index (χ4n) is 2.47. The lowest BCUT2D eigenvalue weighted by Crippen LogP contribution is -1.98. The number of halogens is 1. The highest BCUT2D eigenvalue weighted by Crippen LogP contribution is 2.29. The minimum Gasteiger partial charge on any atom is -0.497 e. The summed E-state index contributed by atoms with van der Waals surface area (Å²) in [6, 6.07) is 13.4. The number of aromatic nitrogens is 2. The van der Waals surface area contributed by atoms with Crippen LogP contribution in [-0.4, -0.2) is 24.2 Å². The average Bonchev–Trinajstić information content (AvgIpc) is 2.73. The zero-order chi connectivity index (χ0) is 19.9. The highest BCUT2D eigenvalue weighted by molar-refractivity contribution is 7.98. The van der Waals surface area contributed by atoms with Crippen LogP contribution in [0.2, 0.25) is 0 Å². The Morgan fingerprint density at radius 1 is 0.893 bits per heavy atom. The molecule has 0 saturated heterocycles. The number of hydrogen-bond acceptors (Lipinski definition) is 6. The third kappa shape index (κ3) is 5.36. The molecule has 0 aliphatic rings. The SMILES string of the molecule is CCc1cc(Oc2ccc(F)cc2)nc(SCc2cc(OC)cc(OC)c2)n1. The molecule has 1 aromatic heterocycles. The normalized spacial score (nSPS) is 10.6. The van der Waals surface area contributed by atoms with Gasteiger partial charge in [-0.05, 0) is 48.4 Å². The smallest absolute Gasteiger partial charge is 0.223 e. The number of benzene rings is 2. The van der Waals surface area contributed by atoms with Crippen molar-refractivity contribution in [2.75, 3.05) is 14.2 Å². The largest absolute Gasteiger partial charge is 0.497 e. The lowest BCUT2D eigenvalue weighted by atomic mass is 10.2. The van der Waals surface area contributed by atoms with E-state index in [0.29, 0.717) is 22.5 Å². The second kappa shape index (κ2) is 9.41. The molecule has 0 aliphatic heterocycles. The molecule has 0 spiro atoms. The molecular formula is C21H21FN2O3S. The van der Waals surface area contributed by atoms with Crippen LogP contribution in [0.5, 0.6) is 23.1 Å². The second-order valence-corrected chi connectivity index (χ2v) is 6.84. The number of ether oxygens (including phenoxy) is 3. The highest BCUT2D eigenvalue weighted by atomic mass is 32.2. The van der Waals surface area contributed by atoms with E-state index < -0.39 is 0 Å². The van der Waals surface area contributed by atoms with Crippen molar-refractivity contribution < 1.29 is 18.6 Å². The molecular weight excluding hydrogens is 379 g/mol. The second-order valence-electron chi connectivity index (χ2n) is 5.90. The molecule has 0 aliphatic carbocycles. The van der Waals surface area contributed by atoms with Gasteiger partial charge in [0, 0.05) is 23.6 Å². The van der Waals surface area contributed by atoms with Crippen LogP contribution in [0.25, 0.3) is 0 Å². The van der Waals surface area contributed by atoms with Crippen molar-refractivity contribution in [1.82, 2.24) is 9.97 Å². The molecule has 0 bridgehead atoms. The number of hydrogen-bond donors (Lipinski definition) is 0. The molecule has 7 heteroatoms. The molecule has 146 valence electrons. The Morgan fingerprint density at radius 3 is 2.18 bits per heavy atom. The van der Waals surface area contributed by atoms with Gasteiger partial charge >= 0.3 is 0 Å². The Balaban J connectivity index is 1.77. The van der Waals surface area contributed by atoms with E-state index in [-0.39, 0.29) is 5.82 Å². The van der Waals surface area contributed by atoms with Gasteiger partial charge in [-0.1, -0.05) is 18.7 Å². The van der Waals surface area contributed by atoms with Gasteiger partial charge in [-0.15, -0.1) is 0 Å². The Morgan fingerprint density at radius 2 is 1.57 bits per heavy atom. The van der Waals surface area contributed by atoms with Crippen molar-refractivity contribution in [2.45, 2.75) is 24.3 Å². The van der Waals surface area contributed by atoms with Crippen LogP contribution in [0.1, 0.15) is 18.2 Å². The molecule has 5 nitrogen and oxygen atoms in total. The fraction of sp³-hybridized carbons (Fsp3) is 0.238. The first-order valence-corrected chi connectivity index (χ1v) is 9.74. The summed E-state index contributed by atoms with van der Waals surface area (Å²) in [4.78, 5) is 9.03. The lowest BCUT2D eigenvalue weighted by molar-refractivity contribution is 0.393.